The summed E-state index contributed by atoms with van der Waals surface area (Å²) >= 11 is 0. The molecule has 9 heteroatoms. The van der Waals surface area contributed by atoms with Crippen molar-refractivity contribution in [2.45, 2.75) is 0 Å². The zero-order valence-corrected chi connectivity index (χ0v) is 12.7. The predicted octanol–water partition coefficient (Wildman–Crippen LogP) is -2.40. The molecule has 0 aliphatic heterocycles. The quantitative estimate of drug-likeness (QED) is 0.449. The molecule has 4 N–H and O–H groups in total. The van der Waals surface area contributed by atoms with Gasteiger partial charge in [-0.15, -0.1) is 0 Å². The van der Waals surface area contributed by atoms with Gasteiger partial charge in [-0.2, -0.15) is 0 Å². The molecule has 0 aliphatic carbocycles. The van der Waals surface area contributed by atoms with Crippen molar-refractivity contribution in [3.05, 3.63) is 34.4 Å². The van der Waals surface area contributed by atoms with Gasteiger partial charge in [-0.05, 0) is 12.1 Å². The Morgan fingerprint density at radius 1 is 0.684 bits per heavy atom. The molecule has 0 spiro atoms. The van der Waals surface area contributed by atoms with Crippen molar-refractivity contribution in [1.29, 1.82) is 0 Å². The van der Waals surface area contributed by atoms with Gasteiger partial charge in [-0.25, -0.2) is 19.2 Å². The second kappa shape index (κ2) is 6.77. The second-order valence-corrected chi connectivity index (χ2v) is 3.13. The van der Waals surface area contributed by atoms with Gasteiger partial charge >= 0.3 is 75.3 Å². The minimum atomic E-state index is -1.83. The summed E-state index contributed by atoms with van der Waals surface area (Å²) in [5, 5.41) is 35.2. The normalized spacial score (nSPS) is 9.26. The summed E-state index contributed by atoms with van der Waals surface area (Å²) in [6.45, 7) is 0. The van der Waals surface area contributed by atoms with Crippen molar-refractivity contribution in [2.75, 3.05) is 0 Å². The summed E-state index contributed by atoms with van der Waals surface area (Å²) < 4.78 is 0. The fourth-order valence-electron chi connectivity index (χ4n) is 1.40. The molecule has 1 aromatic carbocycles. The maximum Gasteiger partial charge on any atom is 1.00 e. The van der Waals surface area contributed by atoms with Crippen molar-refractivity contribution < 1.29 is 92.4 Å². The molecule has 1 aromatic rings. The Morgan fingerprint density at radius 2 is 0.947 bits per heavy atom. The first-order chi connectivity index (χ1) is 8.27. The Balaban J connectivity index is 0. The third-order valence-electron chi connectivity index (χ3n) is 2.09. The Kier molecular flexibility index (Phi) is 6.32. The Morgan fingerprint density at radius 3 is 1.11 bits per heavy atom. The fraction of sp³-hybridized carbons (Fsp3) is 0. The monoisotopic (exact) mass is 294 g/mol. The van der Waals surface area contributed by atoms with Crippen molar-refractivity contribution in [3.63, 3.8) is 0 Å². The summed E-state index contributed by atoms with van der Waals surface area (Å²) in [6.07, 6.45) is 0. The largest absolute Gasteiger partial charge is 1.00 e. The maximum absolute atomic E-state index is 10.9. The molecule has 0 heterocycles. The first-order valence-electron chi connectivity index (χ1n) is 4.37. The summed E-state index contributed by atoms with van der Waals surface area (Å²) in [6, 6.07) is 1.48. The zero-order valence-electron chi connectivity index (χ0n) is 10.6. The standard InChI is InChI=1S/C10H6O8.K.H/c11-7(12)3-1-2-4(8(13)14)6(10(17)18)5(3)9(15)16;;/h1-2H,(H,11,12)(H,13,14)(H,15,16)(H,17,18);;/q;+1;-1. The molecule has 0 radical (unpaired) electrons. The van der Waals surface area contributed by atoms with Crippen LogP contribution in [0.2, 0.25) is 0 Å². The molecule has 0 aliphatic rings. The van der Waals surface area contributed by atoms with Crippen molar-refractivity contribution in [1.82, 2.24) is 0 Å². The fourth-order valence-corrected chi connectivity index (χ4v) is 1.40. The molecule has 1 rings (SSSR count). The van der Waals surface area contributed by atoms with E-state index in [1.54, 1.807) is 0 Å². The molecule has 0 saturated carbocycles. The first kappa shape index (κ1) is 17.7. The number of hydrogen-bond donors (Lipinski definition) is 4. The summed E-state index contributed by atoms with van der Waals surface area (Å²) in [5.41, 5.74) is -3.69. The van der Waals surface area contributed by atoms with Crippen LogP contribution in [0.5, 0.6) is 0 Å². The van der Waals surface area contributed by atoms with Crippen molar-refractivity contribution in [2.24, 2.45) is 0 Å². The average Bonchev–Trinajstić information content (AvgIpc) is 2.26. The van der Waals surface area contributed by atoms with Gasteiger partial charge in [0.2, 0.25) is 0 Å². The summed E-state index contributed by atoms with van der Waals surface area (Å²) in [7, 11) is 0. The number of carboxylic acids is 4. The summed E-state index contributed by atoms with van der Waals surface area (Å²) in [5.74, 6) is -6.97. The summed E-state index contributed by atoms with van der Waals surface area (Å²) in [4.78, 5) is 43.4. The molecule has 0 bridgehead atoms. The minimum Gasteiger partial charge on any atom is -1.00 e. The molecular weight excluding hydrogens is 287 g/mol. The SMILES string of the molecule is O=C(O)c1ccc(C(=O)O)c(C(=O)O)c1C(=O)O.[H-].[K+]. The van der Waals surface area contributed by atoms with Crippen LogP contribution >= 0.6 is 0 Å². The predicted molar refractivity (Wildman–Crippen MR) is 55.4 cm³/mol. The molecule has 0 aromatic heterocycles. The van der Waals surface area contributed by atoms with Crippen LogP contribution in [0.25, 0.3) is 0 Å². The van der Waals surface area contributed by atoms with Crippen molar-refractivity contribution >= 4 is 23.9 Å². The maximum atomic E-state index is 10.9. The van der Waals surface area contributed by atoms with Crippen LogP contribution in [-0.2, 0) is 0 Å². The van der Waals surface area contributed by atoms with Gasteiger partial charge < -0.3 is 21.9 Å². The van der Waals surface area contributed by atoms with Crippen LogP contribution in [0.4, 0.5) is 0 Å². The number of benzene rings is 1. The van der Waals surface area contributed by atoms with E-state index in [-0.39, 0.29) is 52.8 Å². The molecule has 0 unspecified atom stereocenters. The van der Waals surface area contributed by atoms with E-state index in [2.05, 4.69) is 0 Å². The molecule has 0 amide bonds. The smallest absolute Gasteiger partial charge is 1.00 e. The molecule has 96 valence electrons. The first-order valence-corrected chi connectivity index (χ1v) is 4.37. The van der Waals surface area contributed by atoms with Gasteiger partial charge in [-0.1, -0.05) is 0 Å². The Hall–Kier alpha value is -1.26. The molecule has 0 atom stereocenters. The number of carboxylic acid groups (broad SMARTS) is 4. The van der Waals surface area contributed by atoms with E-state index in [1.807, 2.05) is 0 Å². The van der Waals surface area contributed by atoms with E-state index in [0.717, 1.165) is 12.1 Å². The second-order valence-electron chi connectivity index (χ2n) is 3.13. The van der Waals surface area contributed by atoms with E-state index < -0.39 is 46.1 Å². The van der Waals surface area contributed by atoms with E-state index in [1.165, 1.54) is 0 Å². The number of aromatic carboxylic acids is 4. The molecule has 0 fully saturated rings. The molecule has 19 heavy (non-hydrogen) atoms. The van der Waals surface area contributed by atoms with Gasteiger partial charge in [0.1, 0.15) is 0 Å². The van der Waals surface area contributed by atoms with Gasteiger partial charge in [0.05, 0.1) is 22.3 Å². The number of carbonyl (C=O) groups is 4. The average molecular weight is 294 g/mol. The molecule has 0 saturated heterocycles. The van der Waals surface area contributed by atoms with Gasteiger partial charge in [-0.3, -0.25) is 0 Å². The third-order valence-corrected chi connectivity index (χ3v) is 2.09. The van der Waals surface area contributed by atoms with Gasteiger partial charge in [0, 0.05) is 0 Å². The minimum absolute atomic E-state index is 0. The van der Waals surface area contributed by atoms with E-state index in [4.69, 9.17) is 20.4 Å². The van der Waals surface area contributed by atoms with Crippen LogP contribution in [-0.4, -0.2) is 44.3 Å². The van der Waals surface area contributed by atoms with Crippen LogP contribution in [0.1, 0.15) is 42.9 Å². The van der Waals surface area contributed by atoms with Crippen LogP contribution in [0, 0.1) is 0 Å². The van der Waals surface area contributed by atoms with E-state index in [9.17, 15) is 19.2 Å². The Bertz CT molecular complexity index is 532. The van der Waals surface area contributed by atoms with Crippen LogP contribution in [0.15, 0.2) is 12.1 Å². The van der Waals surface area contributed by atoms with Gasteiger partial charge in [0.25, 0.3) is 0 Å². The van der Waals surface area contributed by atoms with Crippen LogP contribution < -0.4 is 51.4 Å². The zero-order chi connectivity index (χ0) is 14.0. The van der Waals surface area contributed by atoms with Gasteiger partial charge in [0.15, 0.2) is 0 Å². The topological polar surface area (TPSA) is 149 Å². The molecular formula is C10H7KO8. The van der Waals surface area contributed by atoms with E-state index in [0.29, 0.717) is 0 Å². The van der Waals surface area contributed by atoms with Crippen molar-refractivity contribution in [3.8, 4) is 0 Å². The number of hydrogen-bond acceptors (Lipinski definition) is 4. The Labute approximate surface area is 149 Å². The third kappa shape index (κ3) is 3.61. The van der Waals surface area contributed by atoms with E-state index >= 15 is 0 Å². The molecule has 8 nitrogen and oxygen atoms in total. The van der Waals surface area contributed by atoms with Crippen LogP contribution in [0.3, 0.4) is 0 Å². The number of rotatable bonds is 4.